The molecule has 5 nitrogen and oxygen atoms in total. The number of imidazole rings is 1. The van der Waals surface area contributed by atoms with Gasteiger partial charge in [0.1, 0.15) is 5.82 Å². The number of nitrogen functional groups attached to an aromatic ring is 1. The maximum absolute atomic E-state index is 5.77. The fraction of sp³-hybridized carbons (Fsp3) is 0.500. The third-order valence-electron chi connectivity index (χ3n) is 3.25. The monoisotopic (exact) mass is 233 g/mol. The Balaban J connectivity index is 2.31. The molecule has 2 aromatic rings. The van der Waals surface area contributed by atoms with E-state index in [0.29, 0.717) is 17.8 Å². The van der Waals surface area contributed by atoms with Gasteiger partial charge in [0.05, 0.1) is 6.20 Å². The number of fused-ring (bicyclic) bond motifs is 1. The minimum Gasteiger partial charge on any atom is -0.382 e. The first-order valence-corrected chi connectivity index (χ1v) is 5.97. The second-order valence-corrected chi connectivity index (χ2v) is 4.49. The molecule has 2 heterocycles. The van der Waals surface area contributed by atoms with Crippen molar-refractivity contribution in [2.24, 2.45) is 5.92 Å². The van der Waals surface area contributed by atoms with Gasteiger partial charge in [-0.25, -0.2) is 9.97 Å². The lowest BCUT2D eigenvalue weighted by molar-refractivity contribution is 0.494. The minimum atomic E-state index is 0.342. The fourth-order valence-corrected chi connectivity index (χ4v) is 1.76. The van der Waals surface area contributed by atoms with Crippen molar-refractivity contribution >= 4 is 17.3 Å². The van der Waals surface area contributed by atoms with E-state index in [1.54, 1.807) is 12.4 Å². The fourth-order valence-electron chi connectivity index (χ4n) is 1.76. The number of anilines is 2. The van der Waals surface area contributed by atoms with E-state index in [0.717, 1.165) is 17.9 Å². The Kier molecular flexibility index (Phi) is 3.17. The van der Waals surface area contributed by atoms with Crippen LogP contribution < -0.4 is 11.1 Å². The summed E-state index contributed by atoms with van der Waals surface area (Å²) in [7, 11) is 0. The smallest absolute Gasteiger partial charge is 0.180 e. The van der Waals surface area contributed by atoms with Gasteiger partial charge in [-0.3, -0.25) is 0 Å². The van der Waals surface area contributed by atoms with Gasteiger partial charge in [-0.05, 0) is 12.8 Å². The average molecular weight is 233 g/mol. The predicted molar refractivity (Wildman–Crippen MR) is 69.9 cm³/mol. The second kappa shape index (κ2) is 4.61. The Bertz CT molecular complexity index is 505. The van der Waals surface area contributed by atoms with Gasteiger partial charge < -0.3 is 15.5 Å². The van der Waals surface area contributed by atoms with E-state index in [4.69, 9.17) is 5.73 Å². The zero-order chi connectivity index (χ0) is 12.4. The van der Waals surface area contributed by atoms with E-state index in [-0.39, 0.29) is 0 Å². The third kappa shape index (κ3) is 2.33. The van der Waals surface area contributed by atoms with Crippen LogP contribution in [0.25, 0.3) is 5.65 Å². The summed E-state index contributed by atoms with van der Waals surface area (Å²) in [6, 6.07) is 0.342. The maximum atomic E-state index is 5.77. The molecule has 0 bridgehead atoms. The average Bonchev–Trinajstić information content (AvgIpc) is 2.75. The molecule has 0 aliphatic heterocycles. The lowest BCUT2D eigenvalue weighted by Crippen LogP contribution is -2.24. The van der Waals surface area contributed by atoms with Crippen molar-refractivity contribution < 1.29 is 0 Å². The van der Waals surface area contributed by atoms with Gasteiger partial charge in [0.2, 0.25) is 0 Å². The Morgan fingerprint density at radius 3 is 2.94 bits per heavy atom. The summed E-state index contributed by atoms with van der Waals surface area (Å²) in [5.74, 6) is 1.82. The van der Waals surface area contributed by atoms with Gasteiger partial charge in [0.15, 0.2) is 11.5 Å². The maximum Gasteiger partial charge on any atom is 0.180 e. The third-order valence-corrected chi connectivity index (χ3v) is 3.25. The van der Waals surface area contributed by atoms with E-state index in [9.17, 15) is 0 Å². The highest BCUT2D eigenvalue weighted by Crippen LogP contribution is 2.18. The van der Waals surface area contributed by atoms with Crippen LogP contribution in [0, 0.1) is 5.92 Å². The van der Waals surface area contributed by atoms with Crippen molar-refractivity contribution in [1.29, 1.82) is 0 Å². The molecule has 0 aromatic carbocycles. The number of rotatable bonds is 4. The normalized spacial score (nSPS) is 14.8. The minimum absolute atomic E-state index is 0.342. The van der Waals surface area contributed by atoms with Crippen LogP contribution in [0.3, 0.4) is 0 Å². The molecule has 3 N–H and O–H groups in total. The van der Waals surface area contributed by atoms with Crippen LogP contribution >= 0.6 is 0 Å². The van der Waals surface area contributed by atoms with Crippen molar-refractivity contribution in [1.82, 2.24) is 14.4 Å². The Morgan fingerprint density at radius 1 is 1.47 bits per heavy atom. The molecule has 17 heavy (non-hydrogen) atoms. The Hall–Kier alpha value is -1.78. The number of hydrogen-bond acceptors (Lipinski definition) is 4. The molecule has 5 heteroatoms. The van der Waals surface area contributed by atoms with E-state index in [1.807, 2.05) is 10.6 Å². The molecule has 0 aliphatic rings. The molecule has 0 fully saturated rings. The topological polar surface area (TPSA) is 68.2 Å². The molecule has 0 amide bonds. The van der Waals surface area contributed by atoms with Crippen molar-refractivity contribution in [3.05, 3.63) is 18.6 Å². The standard InChI is InChI=1S/C12H19N5/c1-4-8(2)9(3)15-11-12-14-5-6-17(12)7-10(13)16-11/h5-9H,4,13H2,1-3H3,(H,15,16). The molecule has 92 valence electrons. The summed E-state index contributed by atoms with van der Waals surface area (Å²) >= 11 is 0. The van der Waals surface area contributed by atoms with E-state index >= 15 is 0 Å². The molecular weight excluding hydrogens is 214 g/mol. The predicted octanol–water partition coefficient (Wildman–Crippen LogP) is 2.16. The number of nitrogens with zero attached hydrogens (tertiary/aromatic N) is 3. The zero-order valence-corrected chi connectivity index (χ0v) is 10.5. The van der Waals surface area contributed by atoms with Crippen molar-refractivity contribution in [2.75, 3.05) is 11.1 Å². The Morgan fingerprint density at radius 2 is 2.24 bits per heavy atom. The van der Waals surface area contributed by atoms with Crippen molar-refractivity contribution in [2.45, 2.75) is 33.2 Å². The number of nitrogens with one attached hydrogen (secondary N) is 1. The largest absolute Gasteiger partial charge is 0.382 e. The summed E-state index contributed by atoms with van der Waals surface area (Å²) in [6.07, 6.45) is 6.50. The van der Waals surface area contributed by atoms with Crippen LogP contribution in [-0.4, -0.2) is 20.4 Å². The summed E-state index contributed by atoms with van der Waals surface area (Å²) in [6.45, 7) is 6.55. The molecular formula is C12H19N5. The molecule has 0 saturated carbocycles. The molecule has 2 atom stereocenters. The number of nitrogens with two attached hydrogens (primary N) is 1. The van der Waals surface area contributed by atoms with Gasteiger partial charge in [-0.1, -0.05) is 20.3 Å². The lowest BCUT2D eigenvalue weighted by Gasteiger charge is -2.20. The summed E-state index contributed by atoms with van der Waals surface area (Å²) in [4.78, 5) is 8.59. The highest BCUT2D eigenvalue weighted by Gasteiger charge is 2.13. The van der Waals surface area contributed by atoms with Crippen molar-refractivity contribution in [3.63, 3.8) is 0 Å². The molecule has 2 aromatic heterocycles. The van der Waals surface area contributed by atoms with Gasteiger partial charge in [0, 0.05) is 18.4 Å². The van der Waals surface area contributed by atoms with Crippen molar-refractivity contribution in [3.8, 4) is 0 Å². The number of hydrogen-bond donors (Lipinski definition) is 2. The van der Waals surface area contributed by atoms with Gasteiger partial charge in [-0.15, -0.1) is 0 Å². The quantitative estimate of drug-likeness (QED) is 0.849. The van der Waals surface area contributed by atoms with Crippen LogP contribution in [0.5, 0.6) is 0 Å². The molecule has 0 radical (unpaired) electrons. The first-order chi connectivity index (χ1) is 8.11. The van der Waals surface area contributed by atoms with Gasteiger partial charge in [0.25, 0.3) is 0 Å². The number of aromatic nitrogens is 3. The lowest BCUT2D eigenvalue weighted by atomic mass is 10.0. The van der Waals surface area contributed by atoms with Gasteiger partial charge >= 0.3 is 0 Å². The van der Waals surface area contributed by atoms with E-state index in [2.05, 4.69) is 36.1 Å². The van der Waals surface area contributed by atoms with Crippen LogP contribution in [0.1, 0.15) is 27.2 Å². The summed E-state index contributed by atoms with van der Waals surface area (Å²) < 4.78 is 1.88. The SMILES string of the molecule is CCC(C)C(C)Nc1nc(N)cn2ccnc12. The van der Waals surface area contributed by atoms with E-state index in [1.165, 1.54) is 0 Å². The molecule has 2 unspecified atom stereocenters. The van der Waals surface area contributed by atoms with Crippen LogP contribution in [0.4, 0.5) is 11.6 Å². The van der Waals surface area contributed by atoms with Crippen LogP contribution in [0.2, 0.25) is 0 Å². The summed E-state index contributed by atoms with van der Waals surface area (Å²) in [5, 5.41) is 3.39. The zero-order valence-electron chi connectivity index (χ0n) is 10.5. The highest BCUT2D eigenvalue weighted by molar-refractivity contribution is 5.65. The molecule has 0 spiro atoms. The molecule has 2 rings (SSSR count). The Labute approximate surface area is 101 Å². The summed E-state index contributed by atoms with van der Waals surface area (Å²) in [5.41, 5.74) is 6.58. The first kappa shape index (κ1) is 11.7. The van der Waals surface area contributed by atoms with Crippen LogP contribution in [-0.2, 0) is 0 Å². The molecule has 0 saturated heterocycles. The van der Waals surface area contributed by atoms with Crippen LogP contribution in [0.15, 0.2) is 18.6 Å². The van der Waals surface area contributed by atoms with Gasteiger partial charge in [-0.2, -0.15) is 0 Å². The first-order valence-electron chi connectivity index (χ1n) is 5.97. The molecule has 0 aliphatic carbocycles. The highest BCUT2D eigenvalue weighted by atomic mass is 15.1. The second-order valence-electron chi connectivity index (χ2n) is 4.49. The van der Waals surface area contributed by atoms with E-state index < -0.39 is 0 Å².